The first-order valence-electron chi connectivity index (χ1n) is 21.4. The van der Waals surface area contributed by atoms with Gasteiger partial charge in [0.05, 0.1) is 30.2 Å². The number of carbonyl (C=O) groups is 5. The molecule has 2 aromatic rings. The van der Waals surface area contributed by atoms with Crippen molar-refractivity contribution >= 4 is 46.0 Å². The zero-order valence-corrected chi connectivity index (χ0v) is 35.0. The van der Waals surface area contributed by atoms with E-state index in [4.69, 9.17) is 15.2 Å². The smallest absolute Gasteiger partial charge is 0.341 e. The molecule has 1 aromatic carbocycles. The van der Waals surface area contributed by atoms with Crippen LogP contribution in [-0.2, 0) is 23.9 Å². The number of aromatic nitrogens is 1. The van der Waals surface area contributed by atoms with Crippen LogP contribution < -0.4 is 20.8 Å². The van der Waals surface area contributed by atoms with Gasteiger partial charge in [-0.2, -0.15) is 0 Å². The summed E-state index contributed by atoms with van der Waals surface area (Å²) in [7, 11) is 1.36. The van der Waals surface area contributed by atoms with Crippen LogP contribution in [0, 0.1) is 34.4 Å². The number of ether oxygens (including phenoxy) is 2. The van der Waals surface area contributed by atoms with Crippen LogP contribution in [0.5, 0.6) is 5.75 Å². The number of esters is 1. The van der Waals surface area contributed by atoms with Gasteiger partial charge in [-0.05, 0) is 88.3 Å². The molecular formula is C45H55FN4O11. The molecule has 4 unspecified atom stereocenters. The molecule has 16 heteroatoms. The number of halogens is 1. The third kappa shape index (κ3) is 6.89. The maximum absolute atomic E-state index is 15.9. The fourth-order valence-electron chi connectivity index (χ4n) is 11.9. The van der Waals surface area contributed by atoms with Gasteiger partial charge in [-0.15, -0.1) is 0 Å². The summed E-state index contributed by atoms with van der Waals surface area (Å²) in [6, 6.07) is -0.551. The van der Waals surface area contributed by atoms with Crippen LogP contribution in [0.2, 0.25) is 0 Å². The molecular weight excluding hydrogens is 792 g/mol. The number of aliphatic hydroxyl groups excluding tert-OH is 1. The number of piperazine rings is 1. The first-order valence-corrected chi connectivity index (χ1v) is 21.4. The maximum atomic E-state index is 15.9. The summed E-state index contributed by atoms with van der Waals surface area (Å²) >= 11 is 0. The summed E-state index contributed by atoms with van der Waals surface area (Å²) in [5.74, 6) is -4.13. The van der Waals surface area contributed by atoms with Gasteiger partial charge in [0.2, 0.25) is 17.1 Å². The number of allylic oxidation sites excluding steroid dienone is 4. The molecule has 6 aliphatic rings. The number of aromatic carboxylic acids is 1. The number of rotatable bonds is 11. The Morgan fingerprint density at radius 2 is 1.84 bits per heavy atom. The molecule has 0 spiro atoms. The first-order chi connectivity index (χ1) is 28.8. The van der Waals surface area contributed by atoms with Gasteiger partial charge >= 0.3 is 11.9 Å². The van der Waals surface area contributed by atoms with Crippen LogP contribution in [-0.4, -0.2) is 111 Å². The summed E-state index contributed by atoms with van der Waals surface area (Å²) in [6.45, 7) is 5.55. The van der Waals surface area contributed by atoms with E-state index >= 15 is 4.39 Å². The van der Waals surface area contributed by atoms with Crippen LogP contribution in [0.4, 0.5) is 10.1 Å². The van der Waals surface area contributed by atoms with Crippen molar-refractivity contribution in [2.75, 3.05) is 38.3 Å². The number of pyridine rings is 1. The molecule has 0 bridgehead atoms. The second kappa shape index (κ2) is 15.5. The van der Waals surface area contributed by atoms with Gasteiger partial charge in [-0.1, -0.05) is 25.5 Å². The number of carboxylic acids is 1. The summed E-state index contributed by atoms with van der Waals surface area (Å²) in [4.78, 5) is 80.7. The zero-order chi connectivity index (χ0) is 43.9. The summed E-state index contributed by atoms with van der Waals surface area (Å²) < 4.78 is 28.7. The monoisotopic (exact) mass is 846 g/mol. The Labute approximate surface area is 352 Å². The Hall–Kier alpha value is -4.93. The molecule has 61 heavy (non-hydrogen) atoms. The van der Waals surface area contributed by atoms with Crippen molar-refractivity contribution in [3.05, 3.63) is 57.7 Å². The quantitative estimate of drug-likeness (QED) is 0.239. The van der Waals surface area contributed by atoms with Gasteiger partial charge in [0, 0.05) is 61.1 Å². The topological polar surface area (TPSA) is 219 Å². The Kier molecular flexibility index (Phi) is 10.8. The lowest BCUT2D eigenvalue weighted by Crippen LogP contribution is -2.61. The van der Waals surface area contributed by atoms with Crippen LogP contribution in [0.3, 0.4) is 0 Å². The minimum Gasteiger partial charge on any atom is -0.492 e. The number of Topliss-reactive ketones (excluding diaryl/α,β-unsaturated/α-hetero) is 1. The fourth-order valence-corrected chi connectivity index (χ4v) is 11.9. The predicted molar refractivity (Wildman–Crippen MR) is 219 cm³/mol. The van der Waals surface area contributed by atoms with E-state index in [0.29, 0.717) is 18.4 Å². The molecule has 1 saturated heterocycles. The summed E-state index contributed by atoms with van der Waals surface area (Å²) in [6.07, 6.45) is 9.18. The number of hydrogen-bond donors (Lipinski definition) is 4. The number of nitrogens with zero attached hydrogens (tertiary/aromatic N) is 3. The number of ketones is 2. The SMILES string of the molecule is COc1c(N2CCN(C(=O)[C@H](N)CCC(=O)OCC(=O)[C@]3(O)CCC4C5CCC6=CC(=O)C=C[C@@]6(C)C5[C@H](O)C[C@]43C)C(C)C2)c(F)cc2c(=O)c(C(=O)O)cn(C3CC3)c12. The molecule has 1 aliphatic heterocycles. The van der Waals surface area contributed by atoms with Crippen LogP contribution in [0.15, 0.2) is 40.9 Å². The van der Waals surface area contributed by atoms with Gasteiger partial charge in [-0.25, -0.2) is 9.18 Å². The minimum absolute atomic E-state index is 0.0219. The predicted octanol–water partition coefficient (Wildman–Crippen LogP) is 3.45. The largest absolute Gasteiger partial charge is 0.492 e. The van der Waals surface area contributed by atoms with Gasteiger partial charge in [-0.3, -0.25) is 24.0 Å². The molecule has 5 aliphatic carbocycles. The molecule has 328 valence electrons. The van der Waals surface area contributed by atoms with Crippen molar-refractivity contribution in [3.8, 4) is 5.75 Å². The lowest BCUT2D eigenvalue weighted by molar-refractivity contribution is -0.181. The molecule has 1 amide bonds. The second-order valence-electron chi connectivity index (χ2n) is 18.6. The number of carbonyl (C=O) groups excluding carboxylic acids is 4. The van der Waals surface area contributed by atoms with Gasteiger partial charge in [0.25, 0.3) is 0 Å². The second-order valence-corrected chi connectivity index (χ2v) is 18.6. The molecule has 0 radical (unpaired) electrons. The van der Waals surface area contributed by atoms with E-state index < -0.39 is 81.7 Å². The molecule has 1 aromatic heterocycles. The molecule has 5 fully saturated rings. The highest BCUT2D eigenvalue weighted by Crippen LogP contribution is 2.67. The number of methoxy groups -OCH3 is 1. The summed E-state index contributed by atoms with van der Waals surface area (Å²) in [5.41, 5.74) is 3.21. The Balaban J connectivity index is 0.870. The Morgan fingerprint density at radius 3 is 2.51 bits per heavy atom. The number of hydrogen-bond acceptors (Lipinski definition) is 12. The van der Waals surface area contributed by atoms with Crippen molar-refractivity contribution < 1.29 is 53.2 Å². The zero-order valence-electron chi connectivity index (χ0n) is 35.0. The molecule has 8 rings (SSSR count). The normalized spacial score (nSPS) is 32.4. The number of carboxylic acid groups (broad SMARTS) is 1. The van der Waals surface area contributed by atoms with Gasteiger partial charge in [0.1, 0.15) is 16.9 Å². The third-order valence-electron chi connectivity index (χ3n) is 15.2. The lowest BCUT2D eigenvalue weighted by atomic mass is 9.46. The fraction of sp³-hybridized carbons (Fsp3) is 0.600. The van der Waals surface area contributed by atoms with E-state index in [1.807, 2.05) is 13.0 Å². The standard InChI is InChI=1S/C45H55FN4O11/c1-23-20-48(38-31(46)18-28-37(40(38)60-4)50(25-6-7-25)21-29(39(28)55)42(57)58)15-16-49(23)41(56)32(47)9-10-35(54)61-22-34(53)45(59)14-12-30-27-8-5-24-17-26(51)11-13-43(24,2)36(27)33(52)19-44(30,45)3/h11,13,17-18,21,23,25,27,30,32-33,36,52,59H,5-10,12,14-16,19-20,22,47H2,1-4H3,(H,57,58)/t23?,27?,30?,32-,33-,36?,43-,44-,45-/m1/s1. The molecule has 5 N–H and O–H groups in total. The maximum Gasteiger partial charge on any atom is 0.341 e. The molecule has 9 atom stereocenters. The van der Waals surface area contributed by atoms with Crippen LogP contribution >= 0.6 is 0 Å². The Bertz CT molecular complexity index is 2340. The van der Waals surface area contributed by atoms with Crippen molar-refractivity contribution in [1.82, 2.24) is 9.47 Å². The molecule has 15 nitrogen and oxygen atoms in total. The number of anilines is 1. The third-order valence-corrected chi connectivity index (χ3v) is 15.2. The van der Waals surface area contributed by atoms with E-state index in [2.05, 4.69) is 6.92 Å². The molecule has 2 heterocycles. The lowest BCUT2D eigenvalue weighted by Gasteiger charge is -2.59. The highest BCUT2D eigenvalue weighted by Gasteiger charge is 2.68. The summed E-state index contributed by atoms with van der Waals surface area (Å²) in [5, 5.41) is 33.2. The number of fused-ring (bicyclic) bond motifs is 6. The minimum atomic E-state index is -1.81. The van der Waals surface area contributed by atoms with Crippen molar-refractivity contribution in [2.45, 2.75) is 108 Å². The average molecular weight is 847 g/mol. The highest BCUT2D eigenvalue weighted by atomic mass is 19.1. The number of aliphatic hydroxyl groups is 2. The molecule has 4 saturated carbocycles. The van der Waals surface area contributed by atoms with Crippen LogP contribution in [0.25, 0.3) is 10.9 Å². The highest BCUT2D eigenvalue weighted by molar-refractivity contribution is 6.01. The van der Waals surface area contributed by atoms with E-state index in [-0.39, 0.29) is 91.7 Å². The van der Waals surface area contributed by atoms with E-state index in [1.165, 1.54) is 13.3 Å². The van der Waals surface area contributed by atoms with E-state index in [0.717, 1.165) is 30.9 Å². The number of benzene rings is 1. The van der Waals surface area contributed by atoms with Crippen molar-refractivity contribution in [2.24, 2.45) is 34.3 Å². The number of nitrogens with two attached hydrogens (primary N) is 1. The van der Waals surface area contributed by atoms with Gasteiger partial charge < -0.3 is 44.9 Å². The van der Waals surface area contributed by atoms with Gasteiger partial charge in [0.15, 0.2) is 24.0 Å². The average Bonchev–Trinajstić information content (AvgIpc) is 4.02. The van der Waals surface area contributed by atoms with E-state index in [1.54, 1.807) is 33.4 Å². The van der Waals surface area contributed by atoms with Crippen molar-refractivity contribution in [3.63, 3.8) is 0 Å². The first kappa shape index (κ1) is 42.7. The van der Waals surface area contributed by atoms with Crippen LogP contribution in [0.1, 0.15) is 95.0 Å². The van der Waals surface area contributed by atoms with Crippen molar-refractivity contribution in [1.29, 1.82) is 0 Å². The Morgan fingerprint density at radius 1 is 1.10 bits per heavy atom. The van der Waals surface area contributed by atoms with E-state index in [9.17, 15) is 44.1 Å². The number of amides is 1.